The van der Waals surface area contributed by atoms with Gasteiger partial charge in [-0.1, -0.05) is 6.07 Å². The summed E-state index contributed by atoms with van der Waals surface area (Å²) in [5.41, 5.74) is 5.88. The molecule has 0 fully saturated rings. The van der Waals surface area contributed by atoms with E-state index >= 15 is 0 Å². The molecule has 6 nitrogen and oxygen atoms in total. The van der Waals surface area contributed by atoms with Gasteiger partial charge in [-0.25, -0.2) is 4.98 Å². The molecule has 0 aromatic carbocycles. The molecule has 0 aliphatic carbocycles. The highest BCUT2D eigenvalue weighted by atomic mass is 16.1. The van der Waals surface area contributed by atoms with Gasteiger partial charge in [0.25, 0.3) is 0 Å². The Labute approximate surface area is 134 Å². The van der Waals surface area contributed by atoms with Crippen molar-refractivity contribution in [1.29, 1.82) is 0 Å². The fourth-order valence-electron chi connectivity index (χ4n) is 2.71. The molecule has 3 heterocycles. The average molecular weight is 311 g/mol. The van der Waals surface area contributed by atoms with Gasteiger partial charge in [-0.3, -0.25) is 9.89 Å². The topological polar surface area (TPSA) is 75.1 Å². The van der Waals surface area contributed by atoms with Gasteiger partial charge in [0, 0.05) is 36.1 Å². The molecule has 1 amide bonds. The first-order valence-electron chi connectivity index (χ1n) is 7.75. The van der Waals surface area contributed by atoms with Crippen LogP contribution < -0.4 is 5.32 Å². The Balaban J connectivity index is 1.56. The van der Waals surface area contributed by atoms with Crippen LogP contribution in [0.3, 0.4) is 0 Å². The normalized spacial score (nSPS) is 11.1. The molecular formula is C17H21N5O. The lowest BCUT2D eigenvalue weighted by Gasteiger charge is -2.04. The van der Waals surface area contributed by atoms with Gasteiger partial charge in [0.1, 0.15) is 5.65 Å². The monoisotopic (exact) mass is 311 g/mol. The van der Waals surface area contributed by atoms with Crippen molar-refractivity contribution < 1.29 is 4.79 Å². The second-order valence-corrected chi connectivity index (χ2v) is 5.82. The second kappa shape index (κ2) is 6.24. The lowest BCUT2D eigenvalue weighted by atomic mass is 10.1. The lowest BCUT2D eigenvalue weighted by molar-refractivity contribution is -0.120. The fraction of sp³-hybridized carbons (Fsp3) is 0.353. The van der Waals surface area contributed by atoms with Crippen LogP contribution in [0.5, 0.6) is 0 Å². The molecule has 120 valence electrons. The molecule has 0 saturated carbocycles. The van der Waals surface area contributed by atoms with Crippen LogP contribution >= 0.6 is 0 Å². The summed E-state index contributed by atoms with van der Waals surface area (Å²) in [5.74, 6) is 0.0116. The third-order valence-electron chi connectivity index (χ3n) is 4.07. The highest BCUT2D eigenvalue weighted by Gasteiger charge is 2.11. The van der Waals surface area contributed by atoms with Crippen LogP contribution in [0, 0.1) is 20.8 Å². The van der Waals surface area contributed by atoms with Crippen molar-refractivity contribution in [3.63, 3.8) is 0 Å². The van der Waals surface area contributed by atoms with E-state index < -0.39 is 0 Å². The fourth-order valence-corrected chi connectivity index (χ4v) is 2.71. The maximum absolute atomic E-state index is 12.1. The van der Waals surface area contributed by atoms with E-state index in [9.17, 15) is 4.79 Å². The molecule has 6 heteroatoms. The predicted molar refractivity (Wildman–Crippen MR) is 88.4 cm³/mol. The number of nitrogens with zero attached hydrogens (tertiary/aromatic N) is 3. The molecule has 3 aromatic rings. The van der Waals surface area contributed by atoms with Crippen LogP contribution in [0.4, 0.5) is 0 Å². The molecule has 0 bridgehead atoms. The van der Waals surface area contributed by atoms with E-state index in [0.29, 0.717) is 13.0 Å². The third-order valence-corrected chi connectivity index (χ3v) is 4.07. The van der Waals surface area contributed by atoms with E-state index in [4.69, 9.17) is 0 Å². The number of carbonyl (C=O) groups is 1. The maximum atomic E-state index is 12.1. The Kier molecular flexibility index (Phi) is 4.14. The number of amides is 1. The van der Waals surface area contributed by atoms with Crippen molar-refractivity contribution in [2.75, 3.05) is 6.54 Å². The molecule has 0 radical (unpaired) electrons. The molecule has 0 aliphatic rings. The zero-order chi connectivity index (χ0) is 16.4. The number of hydrogen-bond donors (Lipinski definition) is 2. The van der Waals surface area contributed by atoms with E-state index in [1.54, 1.807) is 0 Å². The molecule has 0 aliphatic heterocycles. The first kappa shape index (κ1) is 15.3. The molecule has 3 aromatic heterocycles. The number of aromatic amines is 1. The van der Waals surface area contributed by atoms with Crippen LogP contribution in [0.1, 0.15) is 28.3 Å². The molecular weight excluding hydrogens is 290 g/mol. The quantitative estimate of drug-likeness (QED) is 0.755. The van der Waals surface area contributed by atoms with Crippen molar-refractivity contribution in [2.24, 2.45) is 0 Å². The van der Waals surface area contributed by atoms with Gasteiger partial charge in [0.05, 0.1) is 17.8 Å². The number of fused-ring (bicyclic) bond motifs is 1. The molecule has 0 unspecified atom stereocenters. The van der Waals surface area contributed by atoms with Crippen molar-refractivity contribution in [3.05, 3.63) is 52.7 Å². The van der Waals surface area contributed by atoms with Gasteiger partial charge >= 0.3 is 0 Å². The number of nitrogens with one attached hydrogen (secondary N) is 2. The Morgan fingerprint density at radius 3 is 2.83 bits per heavy atom. The minimum atomic E-state index is 0.0116. The van der Waals surface area contributed by atoms with E-state index in [1.165, 1.54) is 0 Å². The summed E-state index contributed by atoms with van der Waals surface area (Å²) in [6, 6.07) is 6.04. The Morgan fingerprint density at radius 2 is 2.13 bits per heavy atom. The summed E-state index contributed by atoms with van der Waals surface area (Å²) in [5, 5.41) is 9.97. The largest absolute Gasteiger partial charge is 0.355 e. The number of rotatable bonds is 5. The zero-order valence-corrected chi connectivity index (χ0v) is 13.7. The van der Waals surface area contributed by atoms with Gasteiger partial charge in [-0.2, -0.15) is 5.10 Å². The lowest BCUT2D eigenvalue weighted by Crippen LogP contribution is -2.27. The maximum Gasteiger partial charge on any atom is 0.224 e. The molecule has 2 N–H and O–H groups in total. The van der Waals surface area contributed by atoms with Crippen LogP contribution in [0.25, 0.3) is 5.65 Å². The summed E-state index contributed by atoms with van der Waals surface area (Å²) < 4.78 is 2.06. The number of imidazole rings is 1. The summed E-state index contributed by atoms with van der Waals surface area (Å²) in [4.78, 5) is 16.6. The number of H-pyrrole nitrogens is 1. The number of pyridine rings is 1. The van der Waals surface area contributed by atoms with Gasteiger partial charge in [-0.15, -0.1) is 0 Å². The first-order valence-corrected chi connectivity index (χ1v) is 7.75. The Bertz CT molecular complexity index is 826. The summed E-state index contributed by atoms with van der Waals surface area (Å²) in [7, 11) is 0. The number of aryl methyl sites for hydroxylation is 3. The average Bonchev–Trinajstić information content (AvgIpc) is 3.06. The van der Waals surface area contributed by atoms with Crippen molar-refractivity contribution in [1.82, 2.24) is 24.9 Å². The minimum Gasteiger partial charge on any atom is -0.355 e. The Morgan fingerprint density at radius 1 is 1.30 bits per heavy atom. The van der Waals surface area contributed by atoms with E-state index in [2.05, 4.69) is 37.9 Å². The second-order valence-electron chi connectivity index (χ2n) is 5.82. The van der Waals surface area contributed by atoms with Crippen molar-refractivity contribution in [3.8, 4) is 0 Å². The number of carbonyl (C=O) groups excluding carboxylic acids is 1. The minimum absolute atomic E-state index is 0.0116. The van der Waals surface area contributed by atoms with Crippen LogP contribution in [0.2, 0.25) is 0 Å². The summed E-state index contributed by atoms with van der Waals surface area (Å²) >= 11 is 0. The van der Waals surface area contributed by atoms with Crippen LogP contribution in [-0.2, 0) is 17.6 Å². The van der Waals surface area contributed by atoms with E-state index in [0.717, 1.165) is 40.4 Å². The smallest absolute Gasteiger partial charge is 0.224 e. The Hall–Kier alpha value is -2.63. The first-order chi connectivity index (χ1) is 11.0. The SMILES string of the molecule is Cc1n[nH]c(C)c1CC(=O)NCCc1cn2c(C)cccc2n1. The molecule has 0 saturated heterocycles. The standard InChI is InChI=1S/C17H21N5O/c1-11-5-4-6-16-19-14(10-22(11)16)7-8-18-17(23)9-15-12(2)20-21-13(15)3/h4-6,10H,7-9H2,1-3H3,(H,18,23)(H,20,21). The molecule has 0 atom stereocenters. The van der Waals surface area contributed by atoms with Gasteiger partial charge < -0.3 is 9.72 Å². The number of aromatic nitrogens is 4. The highest BCUT2D eigenvalue weighted by Crippen LogP contribution is 2.10. The molecule has 3 rings (SSSR count). The predicted octanol–water partition coefficient (Wildman–Crippen LogP) is 1.88. The van der Waals surface area contributed by atoms with E-state index in [-0.39, 0.29) is 5.91 Å². The van der Waals surface area contributed by atoms with Crippen molar-refractivity contribution >= 4 is 11.6 Å². The third kappa shape index (κ3) is 3.26. The summed E-state index contributed by atoms with van der Waals surface area (Å²) in [6.07, 6.45) is 3.11. The van der Waals surface area contributed by atoms with Crippen LogP contribution in [0.15, 0.2) is 24.4 Å². The van der Waals surface area contributed by atoms with Crippen LogP contribution in [-0.4, -0.2) is 32.0 Å². The molecule has 0 spiro atoms. The van der Waals surface area contributed by atoms with Gasteiger partial charge in [-0.05, 0) is 32.9 Å². The van der Waals surface area contributed by atoms with E-state index in [1.807, 2.05) is 32.2 Å². The summed E-state index contributed by atoms with van der Waals surface area (Å²) in [6.45, 7) is 6.47. The van der Waals surface area contributed by atoms with Gasteiger partial charge in [0.15, 0.2) is 0 Å². The zero-order valence-electron chi connectivity index (χ0n) is 13.7. The van der Waals surface area contributed by atoms with Gasteiger partial charge in [0.2, 0.25) is 5.91 Å². The highest BCUT2D eigenvalue weighted by molar-refractivity contribution is 5.79. The molecule has 23 heavy (non-hydrogen) atoms. The van der Waals surface area contributed by atoms with Crippen molar-refractivity contribution in [2.45, 2.75) is 33.6 Å². The number of hydrogen-bond acceptors (Lipinski definition) is 3.